The Kier molecular flexibility index (Phi) is 3.59. The van der Waals surface area contributed by atoms with E-state index in [0.717, 1.165) is 37.0 Å². The minimum absolute atomic E-state index is 0.258. The Labute approximate surface area is 96.8 Å². The molecule has 1 aromatic heterocycles. The molecule has 1 fully saturated rings. The largest absolute Gasteiger partial charge is 0.338 e. The van der Waals surface area contributed by atoms with Crippen molar-refractivity contribution in [2.24, 2.45) is 5.92 Å². The van der Waals surface area contributed by atoms with Gasteiger partial charge in [0.2, 0.25) is 5.89 Å². The lowest BCUT2D eigenvalue weighted by atomic mass is 9.94. The van der Waals surface area contributed by atoms with Crippen LogP contribution in [0.1, 0.15) is 63.7 Å². The van der Waals surface area contributed by atoms with Crippen LogP contribution in [0.2, 0.25) is 0 Å². The van der Waals surface area contributed by atoms with E-state index in [1.807, 2.05) is 0 Å². The van der Waals surface area contributed by atoms with Crippen molar-refractivity contribution in [2.45, 2.75) is 52.0 Å². The second kappa shape index (κ2) is 4.95. The van der Waals surface area contributed by atoms with Crippen molar-refractivity contribution < 1.29 is 4.52 Å². The summed E-state index contributed by atoms with van der Waals surface area (Å²) >= 11 is 0. The molecule has 0 bridgehead atoms. The molecule has 16 heavy (non-hydrogen) atoms. The van der Waals surface area contributed by atoms with Crippen LogP contribution in [-0.4, -0.2) is 16.7 Å². The Balaban J connectivity index is 2.06. The highest BCUT2D eigenvalue weighted by atomic mass is 16.5. The Morgan fingerprint density at radius 2 is 2.38 bits per heavy atom. The van der Waals surface area contributed by atoms with E-state index in [0.29, 0.717) is 5.92 Å². The minimum Gasteiger partial charge on any atom is -0.338 e. The average molecular weight is 223 g/mol. The van der Waals surface area contributed by atoms with Crippen molar-refractivity contribution in [1.29, 1.82) is 0 Å². The first kappa shape index (κ1) is 11.6. The summed E-state index contributed by atoms with van der Waals surface area (Å²) in [4.78, 5) is 4.50. The summed E-state index contributed by atoms with van der Waals surface area (Å²) in [6, 6.07) is 0.258. The van der Waals surface area contributed by atoms with Gasteiger partial charge in [-0.2, -0.15) is 4.98 Å². The fourth-order valence-electron chi connectivity index (χ4n) is 2.07. The predicted molar refractivity (Wildman–Crippen MR) is 62.1 cm³/mol. The van der Waals surface area contributed by atoms with Gasteiger partial charge in [-0.15, -0.1) is 0 Å². The summed E-state index contributed by atoms with van der Waals surface area (Å²) in [5.41, 5.74) is 0. The third kappa shape index (κ3) is 2.43. The molecule has 0 saturated carbocycles. The lowest BCUT2D eigenvalue weighted by Gasteiger charge is -2.25. The zero-order valence-electron chi connectivity index (χ0n) is 10.4. The molecule has 1 aliphatic heterocycles. The Bertz CT molecular complexity index is 337. The van der Waals surface area contributed by atoms with Crippen LogP contribution in [-0.2, 0) is 0 Å². The van der Waals surface area contributed by atoms with Crippen LogP contribution in [0.3, 0.4) is 0 Å². The van der Waals surface area contributed by atoms with Gasteiger partial charge in [0.05, 0.1) is 6.04 Å². The molecule has 4 nitrogen and oxygen atoms in total. The Morgan fingerprint density at radius 1 is 1.56 bits per heavy atom. The van der Waals surface area contributed by atoms with Crippen LogP contribution in [0.25, 0.3) is 0 Å². The SMILES string of the molecule is CCC(C)c1noc(C2CC(C)CCN2)n1. The number of nitrogens with zero attached hydrogens (tertiary/aromatic N) is 2. The molecule has 0 radical (unpaired) electrons. The molecule has 0 amide bonds. The normalized spacial score (nSPS) is 27.9. The van der Waals surface area contributed by atoms with E-state index < -0.39 is 0 Å². The molecule has 0 spiro atoms. The summed E-state index contributed by atoms with van der Waals surface area (Å²) in [5.74, 6) is 2.74. The van der Waals surface area contributed by atoms with Crippen molar-refractivity contribution in [3.05, 3.63) is 11.7 Å². The van der Waals surface area contributed by atoms with E-state index >= 15 is 0 Å². The molecule has 90 valence electrons. The highest BCUT2D eigenvalue weighted by Gasteiger charge is 2.25. The molecule has 3 unspecified atom stereocenters. The van der Waals surface area contributed by atoms with Crippen molar-refractivity contribution in [2.75, 3.05) is 6.54 Å². The summed E-state index contributed by atoms with van der Waals surface area (Å²) in [7, 11) is 0. The van der Waals surface area contributed by atoms with Gasteiger partial charge in [0.1, 0.15) is 0 Å². The monoisotopic (exact) mass is 223 g/mol. The summed E-state index contributed by atoms with van der Waals surface area (Å²) in [6.07, 6.45) is 3.39. The molecule has 1 aromatic rings. The molecule has 3 atom stereocenters. The van der Waals surface area contributed by atoms with E-state index in [-0.39, 0.29) is 6.04 Å². The van der Waals surface area contributed by atoms with Crippen molar-refractivity contribution in [1.82, 2.24) is 15.5 Å². The maximum Gasteiger partial charge on any atom is 0.243 e. The van der Waals surface area contributed by atoms with Crippen LogP contribution in [0.4, 0.5) is 0 Å². The smallest absolute Gasteiger partial charge is 0.243 e. The molecule has 1 aliphatic rings. The number of nitrogens with one attached hydrogen (secondary N) is 1. The van der Waals surface area contributed by atoms with E-state index in [4.69, 9.17) is 4.52 Å². The van der Waals surface area contributed by atoms with Gasteiger partial charge in [-0.1, -0.05) is 25.9 Å². The molecule has 1 saturated heterocycles. The standard InChI is InChI=1S/C12H21N3O/c1-4-9(3)11-14-12(16-15-11)10-7-8(2)5-6-13-10/h8-10,13H,4-7H2,1-3H3. The van der Waals surface area contributed by atoms with Gasteiger partial charge in [-0.3, -0.25) is 0 Å². The Morgan fingerprint density at radius 3 is 3.06 bits per heavy atom. The lowest BCUT2D eigenvalue weighted by molar-refractivity contribution is 0.259. The number of aromatic nitrogens is 2. The van der Waals surface area contributed by atoms with Gasteiger partial charge in [0.15, 0.2) is 5.82 Å². The number of hydrogen-bond acceptors (Lipinski definition) is 4. The highest BCUT2D eigenvalue weighted by molar-refractivity contribution is 4.98. The van der Waals surface area contributed by atoms with Gasteiger partial charge in [-0.25, -0.2) is 0 Å². The van der Waals surface area contributed by atoms with Crippen molar-refractivity contribution in [3.8, 4) is 0 Å². The first-order valence-electron chi connectivity index (χ1n) is 6.27. The minimum atomic E-state index is 0.258. The van der Waals surface area contributed by atoms with E-state index in [1.165, 1.54) is 6.42 Å². The number of rotatable bonds is 3. The van der Waals surface area contributed by atoms with E-state index in [1.54, 1.807) is 0 Å². The van der Waals surface area contributed by atoms with E-state index in [9.17, 15) is 0 Å². The highest BCUT2D eigenvalue weighted by Crippen LogP contribution is 2.26. The first-order valence-corrected chi connectivity index (χ1v) is 6.27. The van der Waals surface area contributed by atoms with Gasteiger partial charge in [0, 0.05) is 5.92 Å². The van der Waals surface area contributed by atoms with Gasteiger partial charge in [0.25, 0.3) is 0 Å². The second-order valence-electron chi connectivity index (χ2n) is 4.94. The number of piperidine rings is 1. The van der Waals surface area contributed by atoms with Crippen LogP contribution < -0.4 is 5.32 Å². The zero-order valence-corrected chi connectivity index (χ0v) is 10.4. The summed E-state index contributed by atoms with van der Waals surface area (Å²) < 4.78 is 5.35. The van der Waals surface area contributed by atoms with Crippen LogP contribution >= 0.6 is 0 Å². The lowest BCUT2D eigenvalue weighted by Crippen LogP contribution is -2.30. The molecule has 0 aliphatic carbocycles. The van der Waals surface area contributed by atoms with Crippen LogP contribution in [0.15, 0.2) is 4.52 Å². The molecule has 1 N–H and O–H groups in total. The van der Waals surface area contributed by atoms with Crippen LogP contribution in [0.5, 0.6) is 0 Å². The second-order valence-corrected chi connectivity index (χ2v) is 4.94. The topological polar surface area (TPSA) is 51.0 Å². The van der Waals surface area contributed by atoms with E-state index in [2.05, 4.69) is 36.2 Å². The van der Waals surface area contributed by atoms with Crippen molar-refractivity contribution in [3.63, 3.8) is 0 Å². The third-order valence-corrected chi connectivity index (χ3v) is 3.47. The van der Waals surface area contributed by atoms with Crippen LogP contribution in [0, 0.1) is 5.92 Å². The van der Waals surface area contributed by atoms with Gasteiger partial charge in [-0.05, 0) is 31.7 Å². The molecule has 0 aromatic carbocycles. The summed E-state index contributed by atoms with van der Waals surface area (Å²) in [5, 5.41) is 7.50. The maximum atomic E-state index is 5.35. The fourth-order valence-corrected chi connectivity index (χ4v) is 2.07. The first-order chi connectivity index (χ1) is 7.70. The molecule has 4 heteroatoms. The third-order valence-electron chi connectivity index (χ3n) is 3.47. The summed E-state index contributed by atoms with van der Waals surface area (Å²) in [6.45, 7) is 7.60. The Hall–Kier alpha value is -0.900. The van der Waals surface area contributed by atoms with Gasteiger partial charge < -0.3 is 9.84 Å². The maximum absolute atomic E-state index is 5.35. The molecular formula is C12H21N3O. The van der Waals surface area contributed by atoms with Gasteiger partial charge >= 0.3 is 0 Å². The zero-order chi connectivity index (χ0) is 11.5. The predicted octanol–water partition coefficient (Wildman–Crippen LogP) is 2.64. The molecule has 2 heterocycles. The molecule has 2 rings (SSSR count). The average Bonchev–Trinajstić information content (AvgIpc) is 2.77. The van der Waals surface area contributed by atoms with Crippen molar-refractivity contribution >= 4 is 0 Å². The molecular weight excluding hydrogens is 202 g/mol. The fraction of sp³-hybridized carbons (Fsp3) is 0.833. The number of hydrogen-bond donors (Lipinski definition) is 1. The quantitative estimate of drug-likeness (QED) is 0.855.